The quantitative estimate of drug-likeness (QED) is 0.181. The predicted octanol–water partition coefficient (Wildman–Crippen LogP) is 6.58. The van der Waals surface area contributed by atoms with E-state index in [-0.39, 0.29) is 5.97 Å². The third-order valence-corrected chi connectivity index (χ3v) is 4.78. The van der Waals surface area contributed by atoms with Crippen LogP contribution in [0.5, 0.6) is 0 Å². The molecule has 0 saturated carbocycles. The number of unbranched alkanes of at least 4 members (excludes halogenated alkanes) is 11. The molecule has 3 heteroatoms. The lowest BCUT2D eigenvalue weighted by Gasteiger charge is -2.07. The van der Waals surface area contributed by atoms with Gasteiger partial charge in [0.05, 0.1) is 0 Å². The van der Waals surface area contributed by atoms with Gasteiger partial charge >= 0.3 is 11.9 Å². The molecule has 0 bridgehead atoms. The first-order valence-corrected chi connectivity index (χ1v) is 10.3. The molecule has 0 aliphatic rings. The molecule has 1 atom stereocenters. The van der Waals surface area contributed by atoms with Crippen LogP contribution in [0.15, 0.2) is 0 Å². The normalized spacial score (nSPS) is 12.1. The summed E-state index contributed by atoms with van der Waals surface area (Å²) in [5.74, 6) is 0.0203. The number of ether oxygens (including phenoxy) is 1. The van der Waals surface area contributed by atoms with Gasteiger partial charge in [-0.2, -0.15) is 0 Å². The highest BCUT2D eigenvalue weighted by molar-refractivity contribution is 5.83. The molecule has 0 aromatic heterocycles. The third kappa shape index (κ3) is 17.5. The van der Waals surface area contributed by atoms with Crippen LogP contribution in [0.2, 0.25) is 0 Å². The standard InChI is InChI=1S/C21H40O3/c1-4-19(2)17-15-13-11-9-7-5-6-8-10-12-14-16-18-21(23)24-20(3)22/h19H,4-18H2,1-3H3. The van der Waals surface area contributed by atoms with Gasteiger partial charge in [0.25, 0.3) is 0 Å². The Hall–Kier alpha value is -0.860. The van der Waals surface area contributed by atoms with Gasteiger partial charge in [-0.25, -0.2) is 0 Å². The summed E-state index contributed by atoms with van der Waals surface area (Å²) in [5.41, 5.74) is 0. The number of hydrogen-bond donors (Lipinski definition) is 0. The van der Waals surface area contributed by atoms with Crippen molar-refractivity contribution in [2.24, 2.45) is 5.92 Å². The fourth-order valence-electron chi connectivity index (χ4n) is 2.95. The van der Waals surface area contributed by atoms with Crippen LogP contribution in [0.1, 0.15) is 117 Å². The molecule has 1 unspecified atom stereocenters. The molecular weight excluding hydrogens is 300 g/mol. The molecule has 0 heterocycles. The smallest absolute Gasteiger partial charge is 0.313 e. The molecular formula is C21H40O3. The van der Waals surface area contributed by atoms with E-state index in [0.29, 0.717) is 6.42 Å². The monoisotopic (exact) mass is 340 g/mol. The van der Waals surface area contributed by atoms with E-state index in [1.807, 2.05) is 0 Å². The van der Waals surface area contributed by atoms with Crippen molar-refractivity contribution in [1.82, 2.24) is 0 Å². The van der Waals surface area contributed by atoms with Gasteiger partial charge in [0.1, 0.15) is 0 Å². The summed E-state index contributed by atoms with van der Waals surface area (Å²) in [6.07, 6.45) is 18.5. The van der Waals surface area contributed by atoms with Gasteiger partial charge in [-0.05, 0) is 12.3 Å². The lowest BCUT2D eigenvalue weighted by atomic mass is 9.99. The SMILES string of the molecule is CCC(C)CCCCCCCCCCCCCCC(=O)OC(C)=O. The minimum Gasteiger partial charge on any atom is -0.393 e. The van der Waals surface area contributed by atoms with Crippen LogP contribution in [0.4, 0.5) is 0 Å². The second-order valence-electron chi connectivity index (χ2n) is 7.26. The fraction of sp³-hybridized carbons (Fsp3) is 0.905. The molecule has 3 nitrogen and oxygen atoms in total. The zero-order valence-electron chi connectivity index (χ0n) is 16.4. The Balaban J connectivity index is 3.13. The average molecular weight is 341 g/mol. The zero-order chi connectivity index (χ0) is 18.0. The molecule has 0 saturated heterocycles. The second kappa shape index (κ2) is 17.0. The summed E-state index contributed by atoms with van der Waals surface area (Å²) in [5, 5.41) is 0. The van der Waals surface area contributed by atoms with Crippen LogP contribution in [0.3, 0.4) is 0 Å². The first-order chi connectivity index (χ1) is 11.6. The van der Waals surface area contributed by atoms with Crippen molar-refractivity contribution >= 4 is 11.9 Å². The highest BCUT2D eigenvalue weighted by Crippen LogP contribution is 2.15. The maximum atomic E-state index is 11.2. The van der Waals surface area contributed by atoms with Crippen molar-refractivity contribution in [2.45, 2.75) is 117 Å². The van der Waals surface area contributed by atoms with E-state index < -0.39 is 5.97 Å². The van der Waals surface area contributed by atoms with E-state index in [0.717, 1.165) is 18.8 Å². The number of carbonyl (C=O) groups excluding carboxylic acids is 2. The summed E-state index contributed by atoms with van der Waals surface area (Å²) in [7, 11) is 0. The Morgan fingerprint density at radius 1 is 0.750 bits per heavy atom. The van der Waals surface area contributed by atoms with E-state index >= 15 is 0 Å². The lowest BCUT2D eigenvalue weighted by molar-refractivity contribution is -0.158. The number of rotatable bonds is 16. The molecule has 0 N–H and O–H groups in total. The van der Waals surface area contributed by atoms with E-state index in [1.165, 1.54) is 84.0 Å². The number of carbonyl (C=O) groups is 2. The van der Waals surface area contributed by atoms with Crippen LogP contribution < -0.4 is 0 Å². The van der Waals surface area contributed by atoms with Crippen molar-refractivity contribution in [3.63, 3.8) is 0 Å². The van der Waals surface area contributed by atoms with Gasteiger partial charge < -0.3 is 4.74 Å². The maximum Gasteiger partial charge on any atom is 0.313 e. The highest BCUT2D eigenvalue weighted by atomic mass is 16.6. The Labute approximate surface area is 149 Å². The molecule has 0 aliphatic heterocycles. The van der Waals surface area contributed by atoms with Crippen LogP contribution >= 0.6 is 0 Å². The third-order valence-electron chi connectivity index (χ3n) is 4.78. The molecule has 0 aliphatic carbocycles. The van der Waals surface area contributed by atoms with Crippen LogP contribution in [0.25, 0.3) is 0 Å². The molecule has 0 spiro atoms. The molecule has 0 amide bonds. The van der Waals surface area contributed by atoms with Crippen molar-refractivity contribution in [3.8, 4) is 0 Å². The van der Waals surface area contributed by atoms with Crippen molar-refractivity contribution in [3.05, 3.63) is 0 Å². The number of hydrogen-bond acceptors (Lipinski definition) is 3. The lowest BCUT2D eigenvalue weighted by Crippen LogP contribution is -2.08. The Kier molecular flexibility index (Phi) is 16.4. The maximum absolute atomic E-state index is 11.2. The highest BCUT2D eigenvalue weighted by Gasteiger charge is 2.05. The number of esters is 2. The minimum absolute atomic E-state index is 0.372. The fourth-order valence-corrected chi connectivity index (χ4v) is 2.95. The summed E-state index contributed by atoms with van der Waals surface area (Å²) in [6.45, 7) is 5.91. The molecule has 142 valence electrons. The summed E-state index contributed by atoms with van der Waals surface area (Å²) in [4.78, 5) is 21.7. The van der Waals surface area contributed by atoms with Gasteiger partial charge in [-0.3, -0.25) is 9.59 Å². The Bertz CT molecular complexity index is 312. The van der Waals surface area contributed by atoms with Crippen molar-refractivity contribution in [1.29, 1.82) is 0 Å². The summed E-state index contributed by atoms with van der Waals surface area (Å²) in [6, 6.07) is 0. The van der Waals surface area contributed by atoms with E-state index in [4.69, 9.17) is 0 Å². The first-order valence-electron chi connectivity index (χ1n) is 10.3. The van der Waals surface area contributed by atoms with Crippen molar-refractivity contribution in [2.75, 3.05) is 0 Å². The summed E-state index contributed by atoms with van der Waals surface area (Å²) >= 11 is 0. The van der Waals surface area contributed by atoms with E-state index in [2.05, 4.69) is 18.6 Å². The van der Waals surface area contributed by atoms with Gasteiger partial charge in [0.15, 0.2) is 0 Å². The Morgan fingerprint density at radius 3 is 1.58 bits per heavy atom. The predicted molar refractivity (Wildman–Crippen MR) is 101 cm³/mol. The topological polar surface area (TPSA) is 43.4 Å². The van der Waals surface area contributed by atoms with Crippen molar-refractivity contribution < 1.29 is 14.3 Å². The minimum atomic E-state index is -0.504. The van der Waals surface area contributed by atoms with Gasteiger partial charge in [0.2, 0.25) is 0 Å². The van der Waals surface area contributed by atoms with E-state index in [1.54, 1.807) is 0 Å². The molecule has 0 aromatic rings. The second-order valence-corrected chi connectivity index (χ2v) is 7.26. The van der Waals surface area contributed by atoms with E-state index in [9.17, 15) is 9.59 Å². The molecule has 0 rings (SSSR count). The van der Waals surface area contributed by atoms with Crippen LogP contribution in [-0.4, -0.2) is 11.9 Å². The van der Waals surface area contributed by atoms with Crippen LogP contribution in [-0.2, 0) is 14.3 Å². The van der Waals surface area contributed by atoms with Gasteiger partial charge in [0, 0.05) is 13.3 Å². The summed E-state index contributed by atoms with van der Waals surface area (Å²) < 4.78 is 4.50. The molecule has 0 fully saturated rings. The van der Waals surface area contributed by atoms with Gasteiger partial charge in [-0.1, -0.05) is 97.3 Å². The Morgan fingerprint density at radius 2 is 1.17 bits per heavy atom. The molecule has 0 aromatic carbocycles. The largest absolute Gasteiger partial charge is 0.393 e. The van der Waals surface area contributed by atoms with Crippen LogP contribution in [0, 0.1) is 5.92 Å². The average Bonchev–Trinajstić information content (AvgIpc) is 2.54. The first kappa shape index (κ1) is 23.1. The molecule has 0 radical (unpaired) electrons. The van der Waals surface area contributed by atoms with Gasteiger partial charge in [-0.15, -0.1) is 0 Å². The zero-order valence-corrected chi connectivity index (χ0v) is 16.4. The molecule has 24 heavy (non-hydrogen) atoms.